The van der Waals surface area contributed by atoms with Gasteiger partial charge in [-0.3, -0.25) is 0 Å². The zero-order valence-corrected chi connectivity index (χ0v) is 11.0. The quantitative estimate of drug-likeness (QED) is 0.887. The van der Waals surface area contributed by atoms with Crippen molar-refractivity contribution >= 4 is 15.9 Å². The van der Waals surface area contributed by atoms with Crippen molar-refractivity contribution in [1.82, 2.24) is 5.32 Å². The summed E-state index contributed by atoms with van der Waals surface area (Å²) in [7, 11) is 0. The molecule has 0 saturated heterocycles. The Morgan fingerprint density at radius 3 is 2.81 bits per heavy atom. The Balaban J connectivity index is 1.82. The Bertz CT molecular complexity index is 348. The van der Waals surface area contributed by atoms with E-state index in [2.05, 4.69) is 21.2 Å². The van der Waals surface area contributed by atoms with Crippen molar-refractivity contribution in [1.29, 1.82) is 0 Å². The molecule has 1 aromatic rings. The van der Waals surface area contributed by atoms with E-state index in [0.717, 1.165) is 29.0 Å². The molecule has 1 aliphatic carbocycles. The van der Waals surface area contributed by atoms with Crippen LogP contribution in [0.5, 0.6) is 5.75 Å². The van der Waals surface area contributed by atoms with Gasteiger partial charge in [-0.2, -0.15) is 0 Å². The number of rotatable bonds is 4. The molecule has 0 radical (unpaired) electrons. The molecule has 16 heavy (non-hydrogen) atoms. The monoisotopic (exact) mass is 283 g/mol. The Hall–Kier alpha value is -0.540. The number of hydrogen-bond acceptors (Lipinski definition) is 2. The average molecular weight is 284 g/mol. The fraction of sp³-hybridized carbons (Fsp3) is 0.538. The highest BCUT2D eigenvalue weighted by Gasteiger charge is 2.14. The van der Waals surface area contributed by atoms with Crippen molar-refractivity contribution in [2.75, 3.05) is 6.54 Å². The lowest BCUT2D eigenvalue weighted by Gasteiger charge is -2.11. The van der Waals surface area contributed by atoms with E-state index in [1.165, 1.54) is 25.7 Å². The second kappa shape index (κ2) is 5.69. The van der Waals surface area contributed by atoms with E-state index in [1.54, 1.807) is 6.07 Å². The first-order valence-corrected chi connectivity index (χ1v) is 6.73. The fourth-order valence-corrected chi connectivity index (χ4v) is 2.71. The Labute approximate surface area is 105 Å². The largest absolute Gasteiger partial charge is 0.508 e. The summed E-state index contributed by atoms with van der Waals surface area (Å²) in [5.74, 6) is 1.19. The van der Waals surface area contributed by atoms with E-state index in [4.69, 9.17) is 0 Å². The summed E-state index contributed by atoms with van der Waals surface area (Å²) < 4.78 is 1.06. The van der Waals surface area contributed by atoms with Crippen molar-refractivity contribution in [2.24, 2.45) is 5.92 Å². The van der Waals surface area contributed by atoms with E-state index < -0.39 is 0 Å². The summed E-state index contributed by atoms with van der Waals surface area (Å²) in [5, 5.41) is 12.9. The summed E-state index contributed by atoms with van der Waals surface area (Å²) in [5.41, 5.74) is 1.12. The first-order chi connectivity index (χ1) is 7.75. The second-order valence-electron chi connectivity index (χ2n) is 4.56. The maximum atomic E-state index is 9.40. The van der Waals surface area contributed by atoms with E-state index in [1.807, 2.05) is 12.1 Å². The number of aromatic hydroxyl groups is 1. The molecule has 1 aliphatic rings. The Morgan fingerprint density at radius 1 is 1.31 bits per heavy atom. The van der Waals surface area contributed by atoms with E-state index in [-0.39, 0.29) is 0 Å². The Kier molecular flexibility index (Phi) is 4.24. The van der Waals surface area contributed by atoms with Gasteiger partial charge in [-0.1, -0.05) is 28.8 Å². The number of benzene rings is 1. The molecule has 0 spiro atoms. The zero-order valence-electron chi connectivity index (χ0n) is 9.38. The molecule has 2 N–H and O–H groups in total. The molecule has 88 valence electrons. The van der Waals surface area contributed by atoms with Gasteiger partial charge in [0.05, 0.1) is 0 Å². The number of phenols is 1. The fourth-order valence-electron chi connectivity index (χ4n) is 2.32. The Morgan fingerprint density at radius 2 is 2.06 bits per heavy atom. The first-order valence-electron chi connectivity index (χ1n) is 5.94. The maximum Gasteiger partial charge on any atom is 0.115 e. The van der Waals surface area contributed by atoms with Crippen LogP contribution in [0.25, 0.3) is 0 Å². The third kappa shape index (κ3) is 3.22. The van der Waals surface area contributed by atoms with Crippen LogP contribution in [0.3, 0.4) is 0 Å². The maximum absolute atomic E-state index is 9.40. The predicted molar refractivity (Wildman–Crippen MR) is 69.5 cm³/mol. The van der Waals surface area contributed by atoms with Crippen LogP contribution in [-0.2, 0) is 6.54 Å². The van der Waals surface area contributed by atoms with Crippen LogP contribution in [0.1, 0.15) is 31.2 Å². The van der Waals surface area contributed by atoms with Crippen LogP contribution in [0, 0.1) is 5.92 Å². The summed E-state index contributed by atoms with van der Waals surface area (Å²) in [6, 6.07) is 5.40. The molecule has 0 unspecified atom stereocenters. The SMILES string of the molecule is Oc1ccc(Br)c(CNCC2CCCC2)c1. The molecule has 1 saturated carbocycles. The highest BCUT2D eigenvalue weighted by molar-refractivity contribution is 9.10. The van der Waals surface area contributed by atoms with Crippen molar-refractivity contribution in [3.8, 4) is 5.75 Å². The lowest BCUT2D eigenvalue weighted by molar-refractivity contribution is 0.471. The summed E-state index contributed by atoms with van der Waals surface area (Å²) >= 11 is 3.49. The molecular formula is C13H18BrNO. The van der Waals surface area contributed by atoms with Gasteiger partial charge in [-0.05, 0) is 49.1 Å². The highest BCUT2D eigenvalue weighted by Crippen LogP contribution is 2.24. The smallest absolute Gasteiger partial charge is 0.115 e. The van der Waals surface area contributed by atoms with Gasteiger partial charge >= 0.3 is 0 Å². The van der Waals surface area contributed by atoms with Gasteiger partial charge in [0.15, 0.2) is 0 Å². The van der Waals surface area contributed by atoms with Crippen LogP contribution in [0.15, 0.2) is 22.7 Å². The van der Waals surface area contributed by atoms with Gasteiger partial charge in [-0.15, -0.1) is 0 Å². The van der Waals surface area contributed by atoms with Gasteiger partial charge < -0.3 is 10.4 Å². The molecule has 2 rings (SSSR count). The van der Waals surface area contributed by atoms with Crippen LogP contribution < -0.4 is 5.32 Å². The van der Waals surface area contributed by atoms with E-state index in [0.29, 0.717) is 5.75 Å². The number of hydrogen-bond donors (Lipinski definition) is 2. The lowest BCUT2D eigenvalue weighted by Crippen LogP contribution is -2.20. The van der Waals surface area contributed by atoms with Gasteiger partial charge in [-0.25, -0.2) is 0 Å². The van der Waals surface area contributed by atoms with Crippen LogP contribution in [0.2, 0.25) is 0 Å². The van der Waals surface area contributed by atoms with E-state index in [9.17, 15) is 5.11 Å². The number of phenolic OH excluding ortho intramolecular Hbond substituents is 1. The molecular weight excluding hydrogens is 266 g/mol. The molecule has 1 fully saturated rings. The standard InChI is InChI=1S/C13H18BrNO/c14-13-6-5-12(16)7-11(13)9-15-8-10-3-1-2-4-10/h5-7,10,15-16H,1-4,8-9H2. The van der Waals surface area contributed by atoms with Crippen LogP contribution in [0.4, 0.5) is 0 Å². The van der Waals surface area contributed by atoms with E-state index >= 15 is 0 Å². The van der Waals surface area contributed by atoms with Gasteiger partial charge in [0.2, 0.25) is 0 Å². The third-order valence-electron chi connectivity index (χ3n) is 3.25. The van der Waals surface area contributed by atoms with Gasteiger partial charge in [0.1, 0.15) is 5.75 Å². The molecule has 0 atom stereocenters. The normalized spacial score (nSPS) is 16.8. The molecule has 0 bridgehead atoms. The minimum absolute atomic E-state index is 0.334. The lowest BCUT2D eigenvalue weighted by atomic mass is 10.1. The molecule has 0 heterocycles. The van der Waals surface area contributed by atoms with Crippen LogP contribution >= 0.6 is 15.9 Å². The van der Waals surface area contributed by atoms with Crippen molar-refractivity contribution in [2.45, 2.75) is 32.2 Å². The van der Waals surface area contributed by atoms with Crippen molar-refractivity contribution in [3.63, 3.8) is 0 Å². The highest BCUT2D eigenvalue weighted by atomic mass is 79.9. The summed E-state index contributed by atoms with van der Waals surface area (Å²) in [4.78, 5) is 0. The minimum Gasteiger partial charge on any atom is -0.508 e. The minimum atomic E-state index is 0.334. The average Bonchev–Trinajstić information content (AvgIpc) is 2.76. The molecule has 2 nitrogen and oxygen atoms in total. The molecule has 0 aliphatic heterocycles. The molecule has 0 amide bonds. The number of halogens is 1. The number of nitrogens with one attached hydrogen (secondary N) is 1. The van der Waals surface area contributed by atoms with Crippen LogP contribution in [-0.4, -0.2) is 11.7 Å². The molecule has 3 heteroatoms. The third-order valence-corrected chi connectivity index (χ3v) is 4.03. The first kappa shape index (κ1) is 11.9. The van der Waals surface area contributed by atoms with Crippen molar-refractivity contribution in [3.05, 3.63) is 28.2 Å². The molecule has 1 aromatic carbocycles. The predicted octanol–water partition coefficient (Wildman–Crippen LogP) is 3.43. The topological polar surface area (TPSA) is 32.3 Å². The molecule has 0 aromatic heterocycles. The van der Waals surface area contributed by atoms with Crippen molar-refractivity contribution < 1.29 is 5.11 Å². The summed E-state index contributed by atoms with van der Waals surface area (Å²) in [6.07, 6.45) is 5.52. The van der Waals surface area contributed by atoms with Gasteiger partial charge in [0.25, 0.3) is 0 Å². The summed E-state index contributed by atoms with van der Waals surface area (Å²) in [6.45, 7) is 1.92. The zero-order chi connectivity index (χ0) is 11.4. The van der Waals surface area contributed by atoms with Gasteiger partial charge in [0, 0.05) is 11.0 Å². The second-order valence-corrected chi connectivity index (χ2v) is 5.41.